The summed E-state index contributed by atoms with van der Waals surface area (Å²) < 4.78 is 10.8. The number of carbonyl (C=O) groups is 1. The van der Waals surface area contributed by atoms with Crippen LogP contribution < -0.4 is 5.32 Å². The molecule has 1 amide bonds. The van der Waals surface area contributed by atoms with Crippen molar-refractivity contribution in [1.82, 2.24) is 19.9 Å². The molecular formula is C18H23N5O3. The van der Waals surface area contributed by atoms with Crippen LogP contribution in [0.15, 0.2) is 17.1 Å². The van der Waals surface area contributed by atoms with Crippen LogP contribution in [0.5, 0.6) is 0 Å². The standard InChI is InChI=1S/C18H23N5O3/c1-12-16(26-11-21-12)18(24)23-6-4-14-15(5-7-23)19-10-20-17(14)22-13-3-2-8-25-9-13/h10-11,13H,2-9H2,1H3,(H,19,20,22). The molecule has 0 bridgehead atoms. The van der Waals surface area contributed by atoms with Crippen molar-refractivity contribution >= 4 is 11.7 Å². The maximum atomic E-state index is 12.7. The highest BCUT2D eigenvalue weighted by Crippen LogP contribution is 2.23. The SMILES string of the molecule is Cc1ncoc1C(=O)N1CCc2ncnc(NC3CCCOC3)c2CC1. The highest BCUT2D eigenvalue weighted by atomic mass is 16.5. The predicted molar refractivity (Wildman–Crippen MR) is 94.0 cm³/mol. The number of fused-ring (bicyclic) bond motifs is 1. The first kappa shape index (κ1) is 17.0. The number of nitrogens with zero attached hydrogens (tertiary/aromatic N) is 4. The quantitative estimate of drug-likeness (QED) is 0.892. The lowest BCUT2D eigenvalue weighted by molar-refractivity contribution is 0.0730. The number of hydrogen-bond acceptors (Lipinski definition) is 7. The molecule has 0 aromatic carbocycles. The van der Waals surface area contributed by atoms with E-state index >= 15 is 0 Å². The van der Waals surface area contributed by atoms with E-state index in [1.54, 1.807) is 13.3 Å². The molecule has 1 atom stereocenters. The zero-order chi connectivity index (χ0) is 17.9. The number of ether oxygens (including phenoxy) is 1. The van der Waals surface area contributed by atoms with Gasteiger partial charge in [0.05, 0.1) is 24.0 Å². The Labute approximate surface area is 152 Å². The van der Waals surface area contributed by atoms with Crippen LogP contribution >= 0.6 is 0 Å². The number of rotatable bonds is 3. The van der Waals surface area contributed by atoms with Gasteiger partial charge in [-0.3, -0.25) is 4.79 Å². The number of anilines is 1. The molecule has 2 aliphatic heterocycles. The summed E-state index contributed by atoms with van der Waals surface area (Å²) >= 11 is 0. The fraction of sp³-hybridized carbons (Fsp3) is 0.556. The second-order valence-electron chi connectivity index (χ2n) is 6.77. The predicted octanol–water partition coefficient (Wildman–Crippen LogP) is 1.60. The van der Waals surface area contributed by atoms with E-state index in [2.05, 4.69) is 20.3 Å². The molecule has 0 radical (unpaired) electrons. The second kappa shape index (κ2) is 7.41. The van der Waals surface area contributed by atoms with E-state index in [0.717, 1.165) is 36.5 Å². The van der Waals surface area contributed by atoms with Crippen molar-refractivity contribution in [2.45, 2.75) is 38.6 Å². The van der Waals surface area contributed by atoms with E-state index in [9.17, 15) is 4.79 Å². The molecule has 1 N–H and O–H groups in total. The summed E-state index contributed by atoms with van der Waals surface area (Å²) in [6.07, 6.45) is 6.47. The third-order valence-electron chi connectivity index (χ3n) is 5.01. The van der Waals surface area contributed by atoms with E-state index in [1.807, 2.05) is 4.90 Å². The minimum Gasteiger partial charge on any atom is -0.438 e. The first-order valence-corrected chi connectivity index (χ1v) is 9.09. The van der Waals surface area contributed by atoms with Gasteiger partial charge in [0, 0.05) is 31.7 Å². The Morgan fingerprint density at radius 2 is 2.15 bits per heavy atom. The molecule has 2 aliphatic rings. The monoisotopic (exact) mass is 357 g/mol. The first-order chi connectivity index (χ1) is 12.7. The maximum Gasteiger partial charge on any atom is 0.291 e. The van der Waals surface area contributed by atoms with Crippen molar-refractivity contribution < 1.29 is 13.9 Å². The molecule has 0 saturated carbocycles. The fourth-order valence-corrected chi connectivity index (χ4v) is 3.55. The van der Waals surface area contributed by atoms with Crippen LogP contribution in [0.3, 0.4) is 0 Å². The minimum absolute atomic E-state index is 0.115. The number of amides is 1. The van der Waals surface area contributed by atoms with Crippen molar-refractivity contribution in [3.63, 3.8) is 0 Å². The molecule has 8 heteroatoms. The third-order valence-corrected chi connectivity index (χ3v) is 5.01. The summed E-state index contributed by atoms with van der Waals surface area (Å²) in [6.45, 7) is 4.53. The fourth-order valence-electron chi connectivity index (χ4n) is 3.55. The average Bonchev–Trinajstić information content (AvgIpc) is 2.97. The molecule has 4 heterocycles. The lowest BCUT2D eigenvalue weighted by atomic mass is 10.1. The van der Waals surface area contributed by atoms with Gasteiger partial charge in [-0.1, -0.05) is 0 Å². The van der Waals surface area contributed by atoms with Crippen LogP contribution in [0.4, 0.5) is 5.82 Å². The summed E-state index contributed by atoms with van der Waals surface area (Å²) in [5.41, 5.74) is 2.72. The lowest BCUT2D eigenvalue weighted by Gasteiger charge is -2.25. The minimum atomic E-state index is -0.115. The van der Waals surface area contributed by atoms with Crippen LogP contribution in [-0.4, -0.2) is 58.1 Å². The highest BCUT2D eigenvalue weighted by molar-refractivity contribution is 5.92. The van der Waals surface area contributed by atoms with E-state index in [4.69, 9.17) is 9.15 Å². The number of aryl methyl sites for hydroxylation is 1. The van der Waals surface area contributed by atoms with Crippen molar-refractivity contribution in [1.29, 1.82) is 0 Å². The zero-order valence-corrected chi connectivity index (χ0v) is 14.9. The van der Waals surface area contributed by atoms with Crippen molar-refractivity contribution in [2.24, 2.45) is 0 Å². The van der Waals surface area contributed by atoms with Gasteiger partial charge in [-0.15, -0.1) is 0 Å². The van der Waals surface area contributed by atoms with Gasteiger partial charge in [0.2, 0.25) is 5.76 Å². The Morgan fingerprint density at radius 1 is 1.27 bits per heavy atom. The molecule has 2 aromatic heterocycles. The molecule has 0 aliphatic carbocycles. The van der Waals surface area contributed by atoms with Crippen molar-refractivity contribution in [2.75, 3.05) is 31.6 Å². The molecule has 1 unspecified atom stereocenters. The molecule has 138 valence electrons. The summed E-state index contributed by atoms with van der Waals surface area (Å²) in [6, 6.07) is 0.278. The molecule has 4 rings (SSSR count). The number of carbonyl (C=O) groups excluding carboxylic acids is 1. The van der Waals surface area contributed by atoms with Gasteiger partial charge in [0.25, 0.3) is 5.91 Å². The summed E-state index contributed by atoms with van der Waals surface area (Å²) in [7, 11) is 0. The third kappa shape index (κ3) is 3.41. The normalized spacial score (nSPS) is 20.3. The van der Waals surface area contributed by atoms with Gasteiger partial charge in [0.15, 0.2) is 6.39 Å². The Kier molecular flexibility index (Phi) is 4.83. The smallest absolute Gasteiger partial charge is 0.291 e. The van der Waals surface area contributed by atoms with Crippen molar-refractivity contribution in [3.8, 4) is 0 Å². The molecule has 2 aromatic rings. The summed E-state index contributed by atoms with van der Waals surface area (Å²) in [5, 5.41) is 3.51. The molecular weight excluding hydrogens is 334 g/mol. The number of nitrogens with one attached hydrogen (secondary N) is 1. The molecule has 8 nitrogen and oxygen atoms in total. The number of aromatic nitrogens is 3. The molecule has 26 heavy (non-hydrogen) atoms. The van der Waals surface area contributed by atoms with Crippen LogP contribution in [0.2, 0.25) is 0 Å². The van der Waals surface area contributed by atoms with Gasteiger partial charge >= 0.3 is 0 Å². The van der Waals surface area contributed by atoms with Gasteiger partial charge in [0.1, 0.15) is 12.1 Å². The maximum absolute atomic E-state index is 12.7. The Morgan fingerprint density at radius 3 is 2.92 bits per heavy atom. The highest BCUT2D eigenvalue weighted by Gasteiger charge is 2.26. The van der Waals surface area contributed by atoms with E-state index in [0.29, 0.717) is 44.0 Å². The average molecular weight is 357 g/mol. The van der Waals surface area contributed by atoms with E-state index in [1.165, 1.54) is 6.39 Å². The Balaban J connectivity index is 1.50. The Hall–Kier alpha value is -2.48. The summed E-state index contributed by atoms with van der Waals surface area (Å²) in [4.78, 5) is 27.4. The van der Waals surface area contributed by atoms with Crippen LogP contribution in [0, 0.1) is 6.92 Å². The molecule has 1 saturated heterocycles. The second-order valence-corrected chi connectivity index (χ2v) is 6.77. The van der Waals surface area contributed by atoms with Crippen LogP contribution in [0.1, 0.15) is 40.3 Å². The molecule has 1 fully saturated rings. The summed E-state index contributed by atoms with van der Waals surface area (Å²) in [5.74, 6) is 1.08. The molecule has 0 spiro atoms. The number of oxazole rings is 1. The van der Waals surface area contributed by atoms with Crippen molar-refractivity contribution in [3.05, 3.63) is 35.4 Å². The van der Waals surface area contributed by atoms with Gasteiger partial charge < -0.3 is 19.4 Å². The number of hydrogen-bond donors (Lipinski definition) is 1. The largest absolute Gasteiger partial charge is 0.438 e. The van der Waals surface area contributed by atoms with Crippen LogP contribution in [0.25, 0.3) is 0 Å². The van der Waals surface area contributed by atoms with E-state index < -0.39 is 0 Å². The van der Waals surface area contributed by atoms with Crippen LogP contribution in [-0.2, 0) is 17.6 Å². The zero-order valence-electron chi connectivity index (χ0n) is 14.9. The van der Waals surface area contributed by atoms with Gasteiger partial charge in [-0.05, 0) is 26.2 Å². The van der Waals surface area contributed by atoms with Gasteiger partial charge in [-0.25, -0.2) is 15.0 Å². The Bertz CT molecular complexity index is 785. The lowest BCUT2D eigenvalue weighted by Crippen LogP contribution is -2.33. The van der Waals surface area contributed by atoms with Gasteiger partial charge in [-0.2, -0.15) is 0 Å². The first-order valence-electron chi connectivity index (χ1n) is 9.09. The topological polar surface area (TPSA) is 93.4 Å². The van der Waals surface area contributed by atoms with E-state index in [-0.39, 0.29) is 11.9 Å².